The van der Waals surface area contributed by atoms with Gasteiger partial charge in [-0.1, -0.05) is 11.6 Å². The van der Waals surface area contributed by atoms with Crippen LogP contribution in [-0.2, 0) is 9.09 Å². The van der Waals surface area contributed by atoms with Crippen molar-refractivity contribution in [1.29, 1.82) is 0 Å². The highest BCUT2D eigenvalue weighted by atomic mass is 35.5. The summed E-state index contributed by atoms with van der Waals surface area (Å²) in [5, 5.41) is 10.5. The summed E-state index contributed by atoms with van der Waals surface area (Å²) in [6, 6.07) is 3.03. The van der Waals surface area contributed by atoms with Gasteiger partial charge in [0, 0.05) is 24.4 Å². The van der Waals surface area contributed by atoms with Crippen molar-refractivity contribution in [3.63, 3.8) is 0 Å². The summed E-state index contributed by atoms with van der Waals surface area (Å²) in [7, 11) is -3.28. The Kier molecular flexibility index (Phi) is 7.39. The Balaban J connectivity index is 2.47. The molecule has 0 aliphatic carbocycles. The highest BCUT2D eigenvalue weighted by molar-refractivity contribution is 7.58. The maximum absolute atomic E-state index is 14.2. The van der Waals surface area contributed by atoms with Gasteiger partial charge < -0.3 is 14.0 Å². The molecule has 0 heterocycles. The lowest BCUT2D eigenvalue weighted by atomic mass is 10.2. The molecular formula is C18H18ClF3NO6P. The Morgan fingerprint density at radius 2 is 1.87 bits per heavy atom. The van der Waals surface area contributed by atoms with Crippen LogP contribution in [0.2, 0.25) is 5.02 Å². The predicted octanol–water partition coefficient (Wildman–Crippen LogP) is 6.44. The summed E-state index contributed by atoms with van der Waals surface area (Å²) in [6.45, 7) is 5.46. The van der Waals surface area contributed by atoms with Crippen molar-refractivity contribution in [3.05, 3.63) is 56.4 Å². The van der Waals surface area contributed by atoms with E-state index >= 15 is 0 Å². The molecule has 2 aromatic rings. The predicted molar refractivity (Wildman–Crippen MR) is 104 cm³/mol. The van der Waals surface area contributed by atoms with Gasteiger partial charge in [-0.25, -0.2) is 8.78 Å². The summed E-state index contributed by atoms with van der Waals surface area (Å²) in [6.07, 6.45) is 0. The van der Waals surface area contributed by atoms with Crippen LogP contribution in [0, 0.1) is 34.5 Å². The average molecular weight is 468 g/mol. The Morgan fingerprint density at radius 3 is 2.43 bits per heavy atom. The van der Waals surface area contributed by atoms with Crippen LogP contribution in [-0.4, -0.2) is 24.0 Å². The summed E-state index contributed by atoms with van der Waals surface area (Å²) < 4.78 is 70.2. The van der Waals surface area contributed by atoms with Crippen molar-refractivity contribution in [2.75, 3.05) is 13.3 Å². The highest BCUT2D eigenvalue weighted by Gasteiger charge is 2.30. The molecule has 0 spiro atoms. The minimum Gasteiger partial charge on any atom is -0.473 e. The number of nitro groups is 1. The second-order valence-corrected chi connectivity index (χ2v) is 9.42. The molecule has 0 bridgehead atoms. The SMILES string of the molecule is CCOP(C)(=O)C(C)Oc1cc(Oc2c(F)c(F)c(C)c(F)c2Cl)ccc1[N+](=O)[O-]. The van der Waals surface area contributed by atoms with Gasteiger partial charge in [0.05, 0.1) is 11.5 Å². The minimum atomic E-state index is -3.28. The van der Waals surface area contributed by atoms with Gasteiger partial charge in [-0.05, 0) is 26.8 Å². The molecule has 30 heavy (non-hydrogen) atoms. The topological polar surface area (TPSA) is 87.9 Å². The summed E-state index contributed by atoms with van der Waals surface area (Å²) in [5.74, 6) is -6.84. The van der Waals surface area contributed by atoms with Crippen molar-refractivity contribution in [2.24, 2.45) is 0 Å². The van der Waals surface area contributed by atoms with Gasteiger partial charge in [-0.3, -0.25) is 14.7 Å². The molecular weight excluding hydrogens is 450 g/mol. The van der Waals surface area contributed by atoms with E-state index in [0.29, 0.717) is 0 Å². The first-order valence-electron chi connectivity index (χ1n) is 8.57. The standard InChI is InChI=1S/C18H18ClF3NO6P/c1-5-27-30(4,26)10(3)28-13-8-11(6-7-12(13)23(24)25)29-18-14(19)15(20)9(2)16(21)17(18)22/h6-8,10H,5H2,1-4H3. The smallest absolute Gasteiger partial charge is 0.311 e. The number of nitrogens with zero attached hydrogens (tertiary/aromatic N) is 1. The number of hydrogen-bond acceptors (Lipinski definition) is 6. The minimum absolute atomic E-state index is 0.134. The Bertz CT molecular complexity index is 1010. The number of hydrogen-bond donors (Lipinski definition) is 0. The summed E-state index contributed by atoms with van der Waals surface area (Å²) >= 11 is 5.73. The van der Waals surface area contributed by atoms with Gasteiger partial charge in [0.25, 0.3) is 0 Å². The second-order valence-electron chi connectivity index (χ2n) is 6.24. The lowest BCUT2D eigenvalue weighted by Crippen LogP contribution is -2.14. The zero-order valence-electron chi connectivity index (χ0n) is 16.4. The average Bonchev–Trinajstić information content (AvgIpc) is 2.68. The van der Waals surface area contributed by atoms with E-state index in [4.69, 9.17) is 25.6 Å². The van der Waals surface area contributed by atoms with Crippen molar-refractivity contribution >= 4 is 24.7 Å². The van der Waals surface area contributed by atoms with Crippen LogP contribution in [0.15, 0.2) is 18.2 Å². The van der Waals surface area contributed by atoms with Crippen LogP contribution in [0.3, 0.4) is 0 Å². The van der Waals surface area contributed by atoms with Crippen LogP contribution >= 0.6 is 19.0 Å². The van der Waals surface area contributed by atoms with Crippen molar-refractivity contribution < 1.29 is 36.7 Å². The van der Waals surface area contributed by atoms with E-state index in [0.717, 1.165) is 25.1 Å². The lowest BCUT2D eigenvalue weighted by Gasteiger charge is -2.21. The Hall–Kier alpha value is -2.29. The summed E-state index contributed by atoms with van der Waals surface area (Å²) in [4.78, 5) is 10.5. The van der Waals surface area contributed by atoms with Gasteiger partial charge in [0.2, 0.25) is 18.9 Å². The Labute approximate surface area is 175 Å². The first kappa shape index (κ1) is 24.0. The monoisotopic (exact) mass is 467 g/mol. The van der Waals surface area contributed by atoms with Gasteiger partial charge in [0.15, 0.2) is 23.2 Å². The van der Waals surface area contributed by atoms with E-state index < -0.39 is 57.6 Å². The van der Waals surface area contributed by atoms with Crippen LogP contribution in [0.25, 0.3) is 0 Å². The molecule has 2 unspecified atom stereocenters. The molecule has 0 saturated carbocycles. The fraction of sp³-hybridized carbons (Fsp3) is 0.333. The molecule has 12 heteroatoms. The zero-order valence-corrected chi connectivity index (χ0v) is 18.0. The molecule has 2 atom stereocenters. The molecule has 0 saturated heterocycles. The maximum Gasteiger partial charge on any atom is 0.311 e. The molecule has 0 fully saturated rings. The van der Waals surface area contributed by atoms with E-state index in [1.165, 1.54) is 13.6 Å². The molecule has 0 radical (unpaired) electrons. The molecule has 164 valence electrons. The van der Waals surface area contributed by atoms with E-state index in [2.05, 4.69) is 0 Å². The van der Waals surface area contributed by atoms with Gasteiger partial charge >= 0.3 is 5.69 Å². The first-order valence-corrected chi connectivity index (χ1v) is 11.1. The van der Waals surface area contributed by atoms with E-state index in [9.17, 15) is 27.9 Å². The third-order valence-corrected chi connectivity index (χ3v) is 6.67. The number of ether oxygens (including phenoxy) is 2. The summed E-state index contributed by atoms with van der Waals surface area (Å²) in [5.41, 5.74) is -1.13. The van der Waals surface area contributed by atoms with Crippen LogP contribution in [0.1, 0.15) is 19.4 Å². The fourth-order valence-corrected chi connectivity index (χ4v) is 3.66. The quantitative estimate of drug-likeness (QED) is 0.192. The highest BCUT2D eigenvalue weighted by Crippen LogP contribution is 2.49. The van der Waals surface area contributed by atoms with Crippen LogP contribution in [0.4, 0.5) is 18.9 Å². The molecule has 0 aromatic heterocycles. The van der Waals surface area contributed by atoms with Crippen molar-refractivity contribution in [1.82, 2.24) is 0 Å². The van der Waals surface area contributed by atoms with Gasteiger partial charge in [-0.15, -0.1) is 0 Å². The fourth-order valence-electron chi connectivity index (χ4n) is 2.37. The molecule has 2 aromatic carbocycles. The largest absolute Gasteiger partial charge is 0.473 e. The number of benzene rings is 2. The zero-order chi connectivity index (χ0) is 22.8. The maximum atomic E-state index is 14.2. The molecule has 7 nitrogen and oxygen atoms in total. The van der Waals surface area contributed by atoms with E-state index in [1.807, 2.05) is 0 Å². The normalized spacial score (nSPS) is 14.1. The van der Waals surface area contributed by atoms with Crippen LogP contribution < -0.4 is 9.47 Å². The molecule has 0 aliphatic rings. The lowest BCUT2D eigenvalue weighted by molar-refractivity contribution is -0.386. The first-order chi connectivity index (χ1) is 13.9. The van der Waals surface area contributed by atoms with Crippen molar-refractivity contribution in [2.45, 2.75) is 26.6 Å². The molecule has 0 N–H and O–H groups in total. The van der Waals surface area contributed by atoms with Gasteiger partial charge in [0.1, 0.15) is 10.8 Å². The van der Waals surface area contributed by atoms with Crippen molar-refractivity contribution in [3.8, 4) is 17.2 Å². The number of rotatable bonds is 8. The van der Waals surface area contributed by atoms with E-state index in [-0.39, 0.29) is 18.1 Å². The number of halogens is 4. The molecule has 0 amide bonds. The van der Waals surface area contributed by atoms with Crippen LogP contribution in [0.5, 0.6) is 17.2 Å². The second kappa shape index (κ2) is 9.24. The Morgan fingerprint density at radius 1 is 1.23 bits per heavy atom. The molecule has 0 aliphatic heterocycles. The van der Waals surface area contributed by atoms with Gasteiger partial charge in [-0.2, -0.15) is 4.39 Å². The third-order valence-electron chi connectivity index (χ3n) is 4.13. The number of nitro benzene ring substituents is 1. The molecule has 2 rings (SSSR count). The third kappa shape index (κ3) is 4.88. The van der Waals surface area contributed by atoms with E-state index in [1.54, 1.807) is 6.92 Å².